The fourth-order valence-electron chi connectivity index (χ4n) is 1.86. The molecule has 0 aliphatic heterocycles. The SMILES string of the molecule is CCCCCCNC(N)=NCCCCCCC(=O)OC.I. The van der Waals surface area contributed by atoms with Crippen molar-refractivity contribution in [2.75, 3.05) is 20.2 Å². The summed E-state index contributed by atoms with van der Waals surface area (Å²) in [6.45, 7) is 3.87. The van der Waals surface area contributed by atoms with Gasteiger partial charge in [0, 0.05) is 19.5 Å². The molecule has 0 saturated carbocycles. The lowest BCUT2D eigenvalue weighted by atomic mass is 10.1. The Hall–Kier alpha value is -0.530. The molecule has 0 heterocycles. The number of hydrogen-bond donors (Lipinski definition) is 2. The van der Waals surface area contributed by atoms with Gasteiger partial charge in [0.1, 0.15) is 0 Å². The zero-order chi connectivity index (χ0) is 15.1. The Morgan fingerprint density at radius 3 is 2.43 bits per heavy atom. The molecule has 0 bridgehead atoms. The normalized spacial score (nSPS) is 10.9. The average molecular weight is 413 g/mol. The van der Waals surface area contributed by atoms with Crippen LogP contribution in [0.25, 0.3) is 0 Å². The van der Waals surface area contributed by atoms with E-state index in [2.05, 4.69) is 22.0 Å². The van der Waals surface area contributed by atoms with Gasteiger partial charge in [0.05, 0.1) is 7.11 Å². The van der Waals surface area contributed by atoms with E-state index < -0.39 is 0 Å². The number of halogens is 1. The molecule has 0 aromatic rings. The number of rotatable bonds is 12. The van der Waals surface area contributed by atoms with Crippen LogP contribution in [0.2, 0.25) is 0 Å². The van der Waals surface area contributed by atoms with Crippen molar-refractivity contribution >= 4 is 35.9 Å². The van der Waals surface area contributed by atoms with Crippen LogP contribution in [0.3, 0.4) is 0 Å². The summed E-state index contributed by atoms with van der Waals surface area (Å²) in [6.07, 6.45) is 9.46. The fraction of sp³-hybridized carbons (Fsp3) is 0.867. The summed E-state index contributed by atoms with van der Waals surface area (Å²) in [7, 11) is 1.43. The molecule has 21 heavy (non-hydrogen) atoms. The van der Waals surface area contributed by atoms with E-state index in [0.29, 0.717) is 12.4 Å². The molecule has 0 aliphatic carbocycles. The number of carbonyl (C=O) groups excluding carboxylic acids is 1. The maximum Gasteiger partial charge on any atom is 0.305 e. The van der Waals surface area contributed by atoms with E-state index in [0.717, 1.165) is 45.2 Å². The molecule has 0 atom stereocenters. The zero-order valence-electron chi connectivity index (χ0n) is 13.5. The number of nitrogens with two attached hydrogens (primary N) is 1. The van der Waals surface area contributed by atoms with Crippen LogP contribution in [-0.2, 0) is 9.53 Å². The third-order valence-electron chi connectivity index (χ3n) is 3.14. The van der Waals surface area contributed by atoms with Gasteiger partial charge in [-0.05, 0) is 19.3 Å². The van der Waals surface area contributed by atoms with Gasteiger partial charge in [0.15, 0.2) is 5.96 Å². The van der Waals surface area contributed by atoms with Gasteiger partial charge in [0.25, 0.3) is 0 Å². The van der Waals surface area contributed by atoms with E-state index in [4.69, 9.17) is 5.73 Å². The minimum atomic E-state index is -0.125. The molecule has 6 heteroatoms. The number of methoxy groups -OCH3 is 1. The van der Waals surface area contributed by atoms with Crippen molar-refractivity contribution in [2.45, 2.75) is 64.7 Å². The van der Waals surface area contributed by atoms with Gasteiger partial charge in [-0.3, -0.25) is 9.79 Å². The molecule has 0 unspecified atom stereocenters. The molecule has 0 spiro atoms. The number of nitrogens with one attached hydrogen (secondary N) is 1. The van der Waals surface area contributed by atoms with E-state index in [9.17, 15) is 4.79 Å². The number of hydrogen-bond acceptors (Lipinski definition) is 3. The van der Waals surface area contributed by atoms with Crippen molar-refractivity contribution in [1.82, 2.24) is 5.32 Å². The van der Waals surface area contributed by atoms with Gasteiger partial charge in [-0.1, -0.05) is 39.0 Å². The molecule has 5 nitrogen and oxygen atoms in total. The molecule has 3 N–H and O–H groups in total. The Balaban J connectivity index is 0. The van der Waals surface area contributed by atoms with Crippen molar-refractivity contribution in [3.8, 4) is 0 Å². The summed E-state index contributed by atoms with van der Waals surface area (Å²) in [5.41, 5.74) is 5.76. The molecule has 0 aliphatic rings. The highest BCUT2D eigenvalue weighted by atomic mass is 127. The predicted molar refractivity (Wildman–Crippen MR) is 99.2 cm³/mol. The first kappa shape index (κ1) is 22.7. The Labute approximate surface area is 146 Å². The van der Waals surface area contributed by atoms with Crippen LogP contribution in [0.15, 0.2) is 4.99 Å². The van der Waals surface area contributed by atoms with Crippen LogP contribution < -0.4 is 11.1 Å². The lowest BCUT2D eigenvalue weighted by Gasteiger charge is -2.05. The van der Waals surface area contributed by atoms with Crippen molar-refractivity contribution in [3.63, 3.8) is 0 Å². The second-order valence-electron chi connectivity index (χ2n) is 4.99. The number of esters is 1. The molecule has 0 saturated heterocycles. The van der Waals surface area contributed by atoms with Gasteiger partial charge in [-0.15, -0.1) is 24.0 Å². The molecular formula is C15H32IN3O2. The van der Waals surface area contributed by atoms with Crippen molar-refractivity contribution in [1.29, 1.82) is 0 Å². The zero-order valence-corrected chi connectivity index (χ0v) is 15.9. The maximum atomic E-state index is 10.9. The van der Waals surface area contributed by atoms with Crippen LogP contribution in [-0.4, -0.2) is 32.1 Å². The summed E-state index contributed by atoms with van der Waals surface area (Å²) >= 11 is 0. The van der Waals surface area contributed by atoms with Gasteiger partial charge < -0.3 is 15.8 Å². The van der Waals surface area contributed by atoms with Crippen LogP contribution in [0, 0.1) is 0 Å². The molecule has 0 radical (unpaired) electrons. The molecule has 0 rings (SSSR count). The monoisotopic (exact) mass is 413 g/mol. The standard InChI is InChI=1S/C15H31N3O2.HI/c1-3-4-5-9-12-17-15(16)18-13-10-7-6-8-11-14(19)20-2;/h3-13H2,1-2H3,(H3,16,17,18);1H. The Kier molecular flexibility index (Phi) is 19.0. The van der Waals surface area contributed by atoms with Gasteiger partial charge in [-0.2, -0.15) is 0 Å². The summed E-state index contributed by atoms with van der Waals surface area (Å²) in [5.74, 6) is 0.426. The molecule has 0 aromatic carbocycles. The Morgan fingerprint density at radius 1 is 1.10 bits per heavy atom. The average Bonchev–Trinajstić information content (AvgIpc) is 2.45. The third kappa shape index (κ3) is 17.4. The van der Waals surface area contributed by atoms with Gasteiger partial charge in [-0.25, -0.2) is 0 Å². The number of unbranched alkanes of at least 4 members (excludes halogenated alkanes) is 6. The lowest BCUT2D eigenvalue weighted by molar-refractivity contribution is -0.140. The van der Waals surface area contributed by atoms with E-state index in [-0.39, 0.29) is 29.9 Å². The summed E-state index contributed by atoms with van der Waals surface area (Å²) in [6, 6.07) is 0. The Bertz CT molecular complexity index is 274. The number of ether oxygens (including phenoxy) is 1. The highest BCUT2D eigenvalue weighted by Crippen LogP contribution is 2.03. The molecular weight excluding hydrogens is 381 g/mol. The third-order valence-corrected chi connectivity index (χ3v) is 3.14. The van der Waals surface area contributed by atoms with Crippen LogP contribution in [0.5, 0.6) is 0 Å². The first-order chi connectivity index (χ1) is 9.70. The largest absolute Gasteiger partial charge is 0.469 e. The second-order valence-corrected chi connectivity index (χ2v) is 4.99. The quantitative estimate of drug-likeness (QED) is 0.169. The maximum absolute atomic E-state index is 10.9. The van der Waals surface area contributed by atoms with E-state index in [1.54, 1.807) is 0 Å². The molecule has 0 amide bonds. The van der Waals surface area contributed by atoms with Gasteiger partial charge >= 0.3 is 5.97 Å². The Morgan fingerprint density at radius 2 is 1.76 bits per heavy atom. The molecule has 126 valence electrons. The summed E-state index contributed by atoms with van der Waals surface area (Å²) < 4.78 is 4.59. The molecule has 0 aromatic heterocycles. The van der Waals surface area contributed by atoms with Crippen molar-refractivity contribution in [2.24, 2.45) is 10.7 Å². The highest BCUT2D eigenvalue weighted by molar-refractivity contribution is 14.0. The summed E-state index contributed by atoms with van der Waals surface area (Å²) in [4.78, 5) is 15.2. The number of nitrogens with zero attached hydrogens (tertiary/aromatic N) is 1. The van der Waals surface area contributed by atoms with Crippen LogP contribution >= 0.6 is 24.0 Å². The minimum Gasteiger partial charge on any atom is -0.469 e. The number of carbonyl (C=O) groups is 1. The van der Waals surface area contributed by atoms with Crippen molar-refractivity contribution < 1.29 is 9.53 Å². The van der Waals surface area contributed by atoms with E-state index >= 15 is 0 Å². The van der Waals surface area contributed by atoms with Crippen LogP contribution in [0.4, 0.5) is 0 Å². The number of aliphatic imine (C=N–C) groups is 1. The van der Waals surface area contributed by atoms with Crippen molar-refractivity contribution in [3.05, 3.63) is 0 Å². The number of guanidine groups is 1. The van der Waals surface area contributed by atoms with E-state index in [1.807, 2.05) is 0 Å². The fourth-order valence-corrected chi connectivity index (χ4v) is 1.86. The predicted octanol–water partition coefficient (Wildman–Crippen LogP) is 3.21. The second kappa shape index (κ2) is 17.5. The highest BCUT2D eigenvalue weighted by Gasteiger charge is 1.98. The topological polar surface area (TPSA) is 76.7 Å². The lowest BCUT2D eigenvalue weighted by Crippen LogP contribution is -2.32. The smallest absolute Gasteiger partial charge is 0.305 e. The van der Waals surface area contributed by atoms with E-state index in [1.165, 1.54) is 26.4 Å². The summed E-state index contributed by atoms with van der Waals surface area (Å²) in [5, 5.41) is 3.13. The van der Waals surface area contributed by atoms with Crippen LogP contribution in [0.1, 0.15) is 64.7 Å². The first-order valence-electron chi connectivity index (χ1n) is 7.81. The van der Waals surface area contributed by atoms with Gasteiger partial charge in [0.2, 0.25) is 0 Å². The minimum absolute atomic E-state index is 0. The molecule has 0 fully saturated rings. The first-order valence-corrected chi connectivity index (χ1v) is 7.81.